The van der Waals surface area contributed by atoms with Gasteiger partial charge in [-0.05, 0) is 43.4 Å². The van der Waals surface area contributed by atoms with E-state index in [4.69, 9.17) is 0 Å². The van der Waals surface area contributed by atoms with Crippen molar-refractivity contribution in [3.05, 3.63) is 42.0 Å². The SMILES string of the molecule is C=C(C[Si](C)(C)C)C(CC(C)C)CS(=O)(=O)c1ccc(C)cc1. The quantitative estimate of drug-likeness (QED) is 0.468. The van der Waals surface area contributed by atoms with Gasteiger partial charge in [0.05, 0.1) is 10.6 Å². The number of hydrogen-bond donors (Lipinski definition) is 0. The third-order valence-electron chi connectivity index (χ3n) is 3.89. The van der Waals surface area contributed by atoms with Gasteiger partial charge >= 0.3 is 0 Å². The minimum absolute atomic E-state index is 0.0491. The van der Waals surface area contributed by atoms with Gasteiger partial charge in [0.1, 0.15) is 0 Å². The summed E-state index contributed by atoms with van der Waals surface area (Å²) in [5, 5.41) is 0. The van der Waals surface area contributed by atoms with Crippen LogP contribution in [-0.4, -0.2) is 22.2 Å². The first-order valence-corrected chi connectivity index (χ1v) is 13.7. The summed E-state index contributed by atoms with van der Waals surface area (Å²) < 4.78 is 25.6. The van der Waals surface area contributed by atoms with Gasteiger partial charge in [0, 0.05) is 8.07 Å². The van der Waals surface area contributed by atoms with Crippen molar-refractivity contribution in [1.82, 2.24) is 0 Å². The molecule has 4 heteroatoms. The Morgan fingerprint density at radius 2 is 1.65 bits per heavy atom. The third-order valence-corrected chi connectivity index (χ3v) is 7.24. The molecule has 0 radical (unpaired) electrons. The minimum atomic E-state index is -3.27. The number of sulfone groups is 1. The van der Waals surface area contributed by atoms with E-state index in [1.807, 2.05) is 19.1 Å². The van der Waals surface area contributed by atoms with Crippen LogP contribution in [0.3, 0.4) is 0 Å². The average molecular weight is 353 g/mol. The van der Waals surface area contributed by atoms with Gasteiger partial charge in [0.15, 0.2) is 9.84 Å². The summed E-state index contributed by atoms with van der Waals surface area (Å²) in [6, 6.07) is 8.16. The summed E-state index contributed by atoms with van der Waals surface area (Å²) in [6.07, 6.45) is 0.883. The summed E-state index contributed by atoms with van der Waals surface area (Å²) >= 11 is 0. The lowest BCUT2D eigenvalue weighted by Gasteiger charge is -2.26. The van der Waals surface area contributed by atoms with E-state index in [-0.39, 0.29) is 11.7 Å². The highest BCUT2D eigenvalue weighted by atomic mass is 32.2. The van der Waals surface area contributed by atoms with Crippen LogP contribution in [0.2, 0.25) is 25.7 Å². The first kappa shape index (κ1) is 20.2. The molecule has 0 aromatic heterocycles. The molecule has 0 aliphatic heterocycles. The van der Waals surface area contributed by atoms with Gasteiger partial charge < -0.3 is 0 Å². The normalized spacial score (nSPS) is 14.0. The van der Waals surface area contributed by atoms with Gasteiger partial charge in [-0.25, -0.2) is 8.42 Å². The Balaban J connectivity index is 3.00. The molecule has 0 N–H and O–H groups in total. The first-order valence-electron chi connectivity index (χ1n) is 8.38. The molecule has 0 amide bonds. The van der Waals surface area contributed by atoms with E-state index in [0.717, 1.165) is 23.6 Å². The molecule has 0 heterocycles. The Hall–Kier alpha value is -0.873. The fourth-order valence-corrected chi connectivity index (χ4v) is 6.15. The molecular weight excluding hydrogens is 320 g/mol. The lowest BCUT2D eigenvalue weighted by atomic mass is 9.93. The van der Waals surface area contributed by atoms with Gasteiger partial charge in [-0.1, -0.05) is 63.3 Å². The van der Waals surface area contributed by atoms with E-state index in [1.54, 1.807) is 12.1 Å². The minimum Gasteiger partial charge on any atom is -0.224 e. The molecule has 0 fully saturated rings. The summed E-state index contributed by atoms with van der Waals surface area (Å²) in [7, 11) is -4.56. The smallest absolute Gasteiger partial charge is 0.178 e. The van der Waals surface area contributed by atoms with E-state index in [0.29, 0.717) is 10.8 Å². The van der Waals surface area contributed by atoms with Gasteiger partial charge in [0.2, 0.25) is 0 Å². The van der Waals surface area contributed by atoms with Crippen LogP contribution in [0.1, 0.15) is 25.8 Å². The van der Waals surface area contributed by atoms with Gasteiger partial charge in [0.25, 0.3) is 0 Å². The van der Waals surface area contributed by atoms with Gasteiger partial charge in [-0.15, -0.1) is 0 Å². The standard InChI is InChI=1S/C19H32O2SSi/c1-15(2)12-18(17(4)14-23(5,6)7)13-22(20,21)19-10-8-16(3)9-11-19/h8-11,15,18H,4,12-14H2,1-3,5-7H3. The lowest BCUT2D eigenvalue weighted by molar-refractivity contribution is 0.481. The van der Waals surface area contributed by atoms with Crippen LogP contribution in [0.4, 0.5) is 0 Å². The molecule has 0 aliphatic carbocycles. The number of allylic oxidation sites excluding steroid dienone is 1. The summed E-state index contributed by atoms with van der Waals surface area (Å²) in [4.78, 5) is 0.428. The molecule has 1 atom stereocenters. The maximum Gasteiger partial charge on any atom is 0.178 e. The van der Waals surface area contributed by atoms with Crippen LogP contribution < -0.4 is 0 Å². The molecule has 1 unspecified atom stereocenters. The van der Waals surface area contributed by atoms with Crippen LogP contribution >= 0.6 is 0 Å². The number of aryl methyl sites for hydroxylation is 1. The Labute approximate surface area is 143 Å². The Morgan fingerprint density at radius 1 is 1.13 bits per heavy atom. The van der Waals surface area contributed by atoms with Crippen molar-refractivity contribution >= 4 is 17.9 Å². The van der Waals surface area contributed by atoms with E-state index in [9.17, 15) is 8.42 Å². The predicted molar refractivity (Wildman–Crippen MR) is 103 cm³/mol. The van der Waals surface area contributed by atoms with Crippen molar-refractivity contribution in [2.45, 2.75) is 57.8 Å². The highest BCUT2D eigenvalue weighted by Gasteiger charge is 2.26. The zero-order valence-electron chi connectivity index (χ0n) is 15.5. The van der Waals surface area contributed by atoms with E-state index >= 15 is 0 Å². The molecule has 1 aromatic carbocycles. The molecule has 1 rings (SSSR count). The molecule has 2 nitrogen and oxygen atoms in total. The van der Waals surface area contributed by atoms with Crippen molar-refractivity contribution in [2.24, 2.45) is 11.8 Å². The highest BCUT2D eigenvalue weighted by Crippen LogP contribution is 2.29. The van der Waals surface area contributed by atoms with Crippen LogP contribution in [0.25, 0.3) is 0 Å². The third kappa shape index (κ3) is 7.04. The van der Waals surface area contributed by atoms with Crippen LogP contribution in [0, 0.1) is 18.8 Å². The predicted octanol–water partition coefficient (Wildman–Crippen LogP) is 5.33. The molecule has 23 heavy (non-hydrogen) atoms. The number of benzene rings is 1. The van der Waals surface area contributed by atoms with E-state index in [1.165, 1.54) is 0 Å². The molecule has 0 saturated heterocycles. The zero-order valence-corrected chi connectivity index (χ0v) is 17.3. The topological polar surface area (TPSA) is 34.1 Å². The first-order chi connectivity index (χ1) is 10.4. The van der Waals surface area contributed by atoms with Crippen molar-refractivity contribution in [3.8, 4) is 0 Å². The second kappa shape index (κ2) is 7.80. The molecule has 0 saturated carbocycles. The highest BCUT2D eigenvalue weighted by molar-refractivity contribution is 7.91. The lowest BCUT2D eigenvalue weighted by Crippen LogP contribution is -2.26. The van der Waals surface area contributed by atoms with Crippen molar-refractivity contribution in [1.29, 1.82) is 0 Å². The largest absolute Gasteiger partial charge is 0.224 e. The molecule has 0 bridgehead atoms. The number of hydrogen-bond acceptors (Lipinski definition) is 2. The molecule has 0 spiro atoms. The summed E-state index contributed by atoms with van der Waals surface area (Å²) in [6.45, 7) is 17.4. The fraction of sp³-hybridized carbons (Fsp3) is 0.579. The second-order valence-corrected chi connectivity index (χ2v) is 15.8. The van der Waals surface area contributed by atoms with Crippen LogP contribution in [-0.2, 0) is 9.84 Å². The maximum absolute atomic E-state index is 12.8. The average Bonchev–Trinajstić information content (AvgIpc) is 2.35. The van der Waals surface area contributed by atoms with Crippen molar-refractivity contribution < 1.29 is 8.42 Å². The van der Waals surface area contributed by atoms with Crippen LogP contribution in [0.15, 0.2) is 41.3 Å². The van der Waals surface area contributed by atoms with Crippen molar-refractivity contribution in [3.63, 3.8) is 0 Å². The Bertz CT molecular complexity index is 622. The molecule has 130 valence electrons. The second-order valence-electron chi connectivity index (χ2n) is 8.32. The molecule has 0 aliphatic rings. The monoisotopic (exact) mass is 352 g/mol. The van der Waals surface area contributed by atoms with Crippen molar-refractivity contribution in [2.75, 3.05) is 5.75 Å². The molecular formula is C19H32O2SSi. The fourth-order valence-electron chi connectivity index (χ4n) is 2.85. The zero-order chi connectivity index (χ0) is 17.8. The van der Waals surface area contributed by atoms with Gasteiger partial charge in [-0.3, -0.25) is 0 Å². The van der Waals surface area contributed by atoms with Gasteiger partial charge in [-0.2, -0.15) is 0 Å². The Morgan fingerprint density at radius 3 is 2.09 bits per heavy atom. The van der Waals surface area contributed by atoms with E-state index in [2.05, 4.69) is 40.1 Å². The summed E-state index contributed by atoms with van der Waals surface area (Å²) in [5.41, 5.74) is 2.19. The number of rotatable bonds is 8. The van der Waals surface area contributed by atoms with Crippen LogP contribution in [0.5, 0.6) is 0 Å². The Kier molecular flexibility index (Phi) is 6.84. The van der Waals surface area contributed by atoms with E-state index < -0.39 is 17.9 Å². The summed E-state index contributed by atoms with van der Waals surface area (Å²) in [5.74, 6) is 0.692. The maximum atomic E-state index is 12.8. The molecule has 1 aromatic rings.